The lowest BCUT2D eigenvalue weighted by Crippen LogP contribution is -2.31. The molecule has 1 aromatic carbocycles. The number of furan rings is 1. The Hall–Kier alpha value is -1.53. The van der Waals surface area contributed by atoms with E-state index < -0.39 is 0 Å². The molecule has 0 aliphatic rings. The molecule has 1 heterocycles. The fraction of sp³-hybridized carbons (Fsp3) is 0.357. The first-order valence-electron chi connectivity index (χ1n) is 6.21. The summed E-state index contributed by atoms with van der Waals surface area (Å²) < 4.78 is 11.4. The van der Waals surface area contributed by atoms with Gasteiger partial charge in [-0.3, -0.25) is 4.79 Å². The Balaban J connectivity index is 2.23. The Morgan fingerprint density at radius 3 is 2.80 bits per heavy atom. The van der Waals surface area contributed by atoms with Crippen molar-refractivity contribution in [3.63, 3.8) is 0 Å². The van der Waals surface area contributed by atoms with Crippen molar-refractivity contribution in [3.8, 4) is 5.75 Å². The quantitative estimate of drug-likeness (QED) is 0.908. The SMILES string of the molecule is COc1cc(C(=O)NCCN(C)C)cc2oc(Br)cc12. The van der Waals surface area contributed by atoms with Gasteiger partial charge in [-0.1, -0.05) is 0 Å². The molecule has 0 fully saturated rings. The van der Waals surface area contributed by atoms with Gasteiger partial charge in [0.05, 0.1) is 12.5 Å². The van der Waals surface area contributed by atoms with E-state index in [1.165, 1.54) is 0 Å². The first-order valence-corrected chi connectivity index (χ1v) is 7.00. The Bertz CT molecular complexity index is 622. The molecule has 1 N–H and O–H groups in total. The number of carbonyl (C=O) groups is 1. The van der Waals surface area contributed by atoms with E-state index in [0.29, 0.717) is 28.1 Å². The summed E-state index contributed by atoms with van der Waals surface area (Å²) in [6.07, 6.45) is 0. The lowest BCUT2D eigenvalue weighted by atomic mass is 10.1. The molecule has 0 aliphatic carbocycles. The molecule has 20 heavy (non-hydrogen) atoms. The van der Waals surface area contributed by atoms with Crippen LogP contribution in [0.25, 0.3) is 11.0 Å². The number of fused-ring (bicyclic) bond motifs is 1. The van der Waals surface area contributed by atoms with E-state index in [1.54, 1.807) is 19.2 Å². The third-order valence-corrected chi connectivity index (χ3v) is 3.29. The molecule has 108 valence electrons. The summed E-state index contributed by atoms with van der Waals surface area (Å²) in [4.78, 5) is 14.1. The van der Waals surface area contributed by atoms with Crippen LogP contribution < -0.4 is 10.1 Å². The third-order valence-electron chi connectivity index (χ3n) is 2.90. The van der Waals surface area contributed by atoms with Crippen molar-refractivity contribution in [2.75, 3.05) is 34.3 Å². The van der Waals surface area contributed by atoms with E-state index in [1.807, 2.05) is 25.1 Å². The Morgan fingerprint density at radius 2 is 2.15 bits per heavy atom. The zero-order valence-electron chi connectivity index (χ0n) is 11.7. The first kappa shape index (κ1) is 14.9. The predicted molar refractivity (Wildman–Crippen MR) is 81.4 cm³/mol. The first-order chi connectivity index (χ1) is 9.51. The van der Waals surface area contributed by atoms with E-state index in [9.17, 15) is 4.79 Å². The molecule has 5 nitrogen and oxygen atoms in total. The van der Waals surface area contributed by atoms with Crippen LogP contribution >= 0.6 is 15.9 Å². The Kier molecular flexibility index (Phi) is 4.67. The molecule has 2 aromatic rings. The second-order valence-electron chi connectivity index (χ2n) is 4.70. The summed E-state index contributed by atoms with van der Waals surface area (Å²) in [6, 6.07) is 5.25. The predicted octanol–water partition coefficient (Wildman–Crippen LogP) is 2.50. The summed E-state index contributed by atoms with van der Waals surface area (Å²) >= 11 is 3.28. The summed E-state index contributed by atoms with van der Waals surface area (Å²) in [5.74, 6) is 0.481. The maximum atomic E-state index is 12.1. The van der Waals surface area contributed by atoms with Crippen molar-refractivity contribution in [3.05, 3.63) is 28.4 Å². The topological polar surface area (TPSA) is 54.7 Å². The molecule has 0 bridgehead atoms. The van der Waals surface area contributed by atoms with E-state index >= 15 is 0 Å². The molecule has 0 radical (unpaired) electrons. The molecule has 1 amide bonds. The summed E-state index contributed by atoms with van der Waals surface area (Å²) in [5, 5.41) is 3.70. The van der Waals surface area contributed by atoms with Crippen LogP contribution in [0.1, 0.15) is 10.4 Å². The van der Waals surface area contributed by atoms with Gasteiger partial charge in [0.15, 0.2) is 4.67 Å². The summed E-state index contributed by atoms with van der Waals surface area (Å²) in [5.41, 5.74) is 1.14. The van der Waals surface area contributed by atoms with E-state index in [0.717, 1.165) is 11.9 Å². The minimum atomic E-state index is -0.139. The molecule has 6 heteroatoms. The lowest BCUT2D eigenvalue weighted by molar-refractivity contribution is 0.0950. The van der Waals surface area contributed by atoms with Crippen molar-refractivity contribution in [1.29, 1.82) is 0 Å². The van der Waals surface area contributed by atoms with Gasteiger partial charge in [-0.2, -0.15) is 0 Å². The van der Waals surface area contributed by atoms with Gasteiger partial charge in [-0.05, 0) is 42.2 Å². The molecular formula is C14H17BrN2O3. The molecular weight excluding hydrogens is 324 g/mol. The molecule has 0 unspecified atom stereocenters. The fourth-order valence-electron chi connectivity index (χ4n) is 1.87. The number of hydrogen-bond acceptors (Lipinski definition) is 4. The Labute approximate surface area is 126 Å². The van der Waals surface area contributed by atoms with E-state index in [-0.39, 0.29) is 5.91 Å². The van der Waals surface area contributed by atoms with Gasteiger partial charge in [0.1, 0.15) is 11.3 Å². The summed E-state index contributed by atoms with van der Waals surface area (Å²) in [6.45, 7) is 1.38. The second kappa shape index (κ2) is 6.28. The molecule has 0 aliphatic heterocycles. The zero-order valence-corrected chi connectivity index (χ0v) is 13.3. The van der Waals surface area contributed by atoms with Crippen molar-refractivity contribution >= 4 is 32.8 Å². The number of rotatable bonds is 5. The molecule has 0 saturated heterocycles. The van der Waals surface area contributed by atoms with Gasteiger partial charge >= 0.3 is 0 Å². The van der Waals surface area contributed by atoms with Gasteiger partial charge in [0.25, 0.3) is 5.91 Å². The number of amides is 1. The van der Waals surface area contributed by atoms with Crippen LogP contribution in [0.2, 0.25) is 0 Å². The van der Waals surface area contributed by atoms with Gasteiger partial charge in [0, 0.05) is 24.7 Å². The number of nitrogens with zero attached hydrogens (tertiary/aromatic N) is 1. The number of benzene rings is 1. The second-order valence-corrected chi connectivity index (χ2v) is 5.48. The van der Waals surface area contributed by atoms with Crippen molar-refractivity contribution in [1.82, 2.24) is 10.2 Å². The highest BCUT2D eigenvalue weighted by Crippen LogP contribution is 2.32. The van der Waals surface area contributed by atoms with Crippen LogP contribution in [0.5, 0.6) is 5.75 Å². The average Bonchev–Trinajstić information content (AvgIpc) is 2.77. The van der Waals surface area contributed by atoms with Crippen molar-refractivity contribution < 1.29 is 13.9 Å². The average molecular weight is 341 g/mol. The van der Waals surface area contributed by atoms with Crippen LogP contribution in [0.4, 0.5) is 0 Å². The number of nitrogens with one attached hydrogen (secondary N) is 1. The maximum Gasteiger partial charge on any atom is 0.251 e. The largest absolute Gasteiger partial charge is 0.496 e. The minimum absolute atomic E-state index is 0.139. The van der Waals surface area contributed by atoms with E-state index in [4.69, 9.17) is 9.15 Å². The minimum Gasteiger partial charge on any atom is -0.496 e. The van der Waals surface area contributed by atoms with Crippen LogP contribution in [0.3, 0.4) is 0 Å². The van der Waals surface area contributed by atoms with Crippen LogP contribution in [-0.2, 0) is 0 Å². The molecule has 2 rings (SSSR count). The number of halogens is 1. The highest BCUT2D eigenvalue weighted by molar-refractivity contribution is 9.10. The van der Waals surface area contributed by atoms with Gasteiger partial charge in [0.2, 0.25) is 0 Å². The maximum absolute atomic E-state index is 12.1. The highest BCUT2D eigenvalue weighted by atomic mass is 79.9. The van der Waals surface area contributed by atoms with Gasteiger partial charge in [-0.25, -0.2) is 0 Å². The standard InChI is InChI=1S/C14H17BrN2O3/c1-17(2)5-4-16-14(18)9-6-11(19-3)10-8-13(15)20-12(10)7-9/h6-8H,4-5H2,1-3H3,(H,16,18). The molecule has 0 spiro atoms. The van der Waals surface area contributed by atoms with Crippen molar-refractivity contribution in [2.24, 2.45) is 0 Å². The number of likely N-dealkylation sites (N-methyl/N-ethyl adjacent to an activating group) is 1. The van der Waals surface area contributed by atoms with Crippen LogP contribution in [0, 0.1) is 0 Å². The van der Waals surface area contributed by atoms with Crippen LogP contribution in [0.15, 0.2) is 27.3 Å². The van der Waals surface area contributed by atoms with Crippen LogP contribution in [-0.4, -0.2) is 45.1 Å². The number of methoxy groups -OCH3 is 1. The smallest absolute Gasteiger partial charge is 0.251 e. The van der Waals surface area contributed by atoms with E-state index in [2.05, 4.69) is 21.2 Å². The molecule has 0 saturated carbocycles. The number of ether oxygens (including phenoxy) is 1. The Morgan fingerprint density at radius 1 is 1.40 bits per heavy atom. The number of carbonyl (C=O) groups excluding carboxylic acids is 1. The fourth-order valence-corrected chi connectivity index (χ4v) is 2.27. The lowest BCUT2D eigenvalue weighted by Gasteiger charge is -2.11. The zero-order chi connectivity index (χ0) is 14.7. The monoisotopic (exact) mass is 340 g/mol. The third kappa shape index (κ3) is 3.32. The number of hydrogen-bond donors (Lipinski definition) is 1. The van der Waals surface area contributed by atoms with Crippen molar-refractivity contribution in [2.45, 2.75) is 0 Å². The normalized spacial score (nSPS) is 11.1. The van der Waals surface area contributed by atoms with Gasteiger partial charge < -0.3 is 19.4 Å². The molecule has 0 atom stereocenters. The molecule has 1 aromatic heterocycles. The highest BCUT2D eigenvalue weighted by Gasteiger charge is 2.13. The van der Waals surface area contributed by atoms with Gasteiger partial charge in [-0.15, -0.1) is 0 Å². The summed E-state index contributed by atoms with van der Waals surface area (Å²) in [7, 11) is 5.49.